The van der Waals surface area contributed by atoms with Gasteiger partial charge in [-0.15, -0.1) is 0 Å². The Balaban J connectivity index is 2.49. The molecule has 0 radical (unpaired) electrons. The van der Waals surface area contributed by atoms with Gasteiger partial charge in [0.05, 0.1) is 6.20 Å². The van der Waals surface area contributed by atoms with Gasteiger partial charge < -0.3 is 15.4 Å². The summed E-state index contributed by atoms with van der Waals surface area (Å²) in [6, 6.07) is 0.173. The number of carbonyl (C=O) groups excluding carboxylic acids is 1. The van der Waals surface area contributed by atoms with Crippen molar-refractivity contribution in [3.8, 4) is 0 Å². The van der Waals surface area contributed by atoms with Crippen LogP contribution in [0.5, 0.6) is 0 Å². The highest BCUT2D eigenvalue weighted by Crippen LogP contribution is 2.09. The molecular weight excluding hydrogens is 280 g/mol. The maximum absolute atomic E-state index is 11.7. The zero-order valence-corrected chi connectivity index (χ0v) is 14.9. The molecule has 0 aliphatic rings. The summed E-state index contributed by atoms with van der Waals surface area (Å²) in [5.74, 6) is 0.395. The first-order chi connectivity index (χ1) is 10.1. The second kappa shape index (κ2) is 7.63. The summed E-state index contributed by atoms with van der Waals surface area (Å²) >= 11 is 0. The minimum atomic E-state index is -0.475. The van der Waals surface area contributed by atoms with Crippen molar-refractivity contribution in [1.82, 2.24) is 20.4 Å². The summed E-state index contributed by atoms with van der Waals surface area (Å²) < 4.78 is 7.12. The molecule has 0 saturated heterocycles. The van der Waals surface area contributed by atoms with E-state index >= 15 is 0 Å². The fourth-order valence-corrected chi connectivity index (χ4v) is 2.01. The Morgan fingerprint density at radius 3 is 2.50 bits per heavy atom. The summed E-state index contributed by atoms with van der Waals surface area (Å²) in [4.78, 5) is 11.7. The van der Waals surface area contributed by atoms with Crippen molar-refractivity contribution < 1.29 is 9.53 Å². The minimum absolute atomic E-state index is 0.173. The molecule has 0 aliphatic heterocycles. The zero-order chi connectivity index (χ0) is 16.9. The van der Waals surface area contributed by atoms with E-state index in [2.05, 4.69) is 29.6 Å². The Morgan fingerprint density at radius 2 is 2.05 bits per heavy atom. The second-order valence-electron chi connectivity index (χ2n) is 6.99. The van der Waals surface area contributed by atoms with Gasteiger partial charge >= 0.3 is 6.09 Å². The van der Waals surface area contributed by atoms with E-state index in [1.165, 1.54) is 5.56 Å². The van der Waals surface area contributed by atoms with Crippen LogP contribution in [-0.4, -0.2) is 34.1 Å². The van der Waals surface area contributed by atoms with Crippen molar-refractivity contribution in [2.24, 2.45) is 13.0 Å². The average molecular weight is 310 g/mol. The fourth-order valence-electron chi connectivity index (χ4n) is 2.01. The Hall–Kier alpha value is -1.56. The molecule has 6 heteroatoms. The molecule has 0 aliphatic carbocycles. The molecule has 1 rings (SSSR count). The molecule has 1 unspecified atom stereocenters. The number of hydrogen-bond donors (Lipinski definition) is 2. The lowest BCUT2D eigenvalue weighted by molar-refractivity contribution is 0.0519. The number of carbonyl (C=O) groups is 1. The first kappa shape index (κ1) is 18.5. The van der Waals surface area contributed by atoms with Gasteiger partial charge in [0, 0.05) is 37.4 Å². The number of hydrogen-bond acceptors (Lipinski definition) is 4. The summed E-state index contributed by atoms with van der Waals surface area (Å²) in [5.41, 5.74) is 1.85. The first-order valence-electron chi connectivity index (χ1n) is 7.78. The highest BCUT2D eigenvalue weighted by atomic mass is 16.6. The van der Waals surface area contributed by atoms with Gasteiger partial charge in [-0.2, -0.15) is 5.10 Å². The minimum Gasteiger partial charge on any atom is -0.444 e. The van der Waals surface area contributed by atoms with Gasteiger partial charge in [0.2, 0.25) is 0 Å². The van der Waals surface area contributed by atoms with Crippen molar-refractivity contribution in [3.63, 3.8) is 0 Å². The van der Waals surface area contributed by atoms with Gasteiger partial charge in [-0.3, -0.25) is 4.68 Å². The van der Waals surface area contributed by atoms with Crippen molar-refractivity contribution in [1.29, 1.82) is 0 Å². The van der Waals surface area contributed by atoms with Crippen LogP contribution in [0.15, 0.2) is 6.20 Å². The van der Waals surface area contributed by atoms with E-state index in [1.54, 1.807) is 0 Å². The molecule has 1 heterocycles. The average Bonchev–Trinajstić information content (AvgIpc) is 2.67. The third-order valence-corrected chi connectivity index (χ3v) is 3.56. The van der Waals surface area contributed by atoms with E-state index in [4.69, 9.17) is 4.74 Å². The molecule has 1 amide bonds. The first-order valence-corrected chi connectivity index (χ1v) is 7.78. The second-order valence-corrected chi connectivity index (χ2v) is 6.99. The van der Waals surface area contributed by atoms with E-state index in [0.717, 1.165) is 12.2 Å². The number of ether oxygens (including phenoxy) is 1. The van der Waals surface area contributed by atoms with Gasteiger partial charge in [-0.25, -0.2) is 4.79 Å². The molecule has 22 heavy (non-hydrogen) atoms. The predicted molar refractivity (Wildman–Crippen MR) is 87.6 cm³/mol. The maximum Gasteiger partial charge on any atom is 0.407 e. The maximum atomic E-state index is 11.7. The largest absolute Gasteiger partial charge is 0.444 e. The number of nitrogens with one attached hydrogen (secondary N) is 2. The third-order valence-electron chi connectivity index (χ3n) is 3.56. The Morgan fingerprint density at radius 1 is 1.41 bits per heavy atom. The molecule has 1 aromatic heterocycles. The summed E-state index contributed by atoms with van der Waals surface area (Å²) in [7, 11) is 1.93. The van der Waals surface area contributed by atoms with Crippen molar-refractivity contribution >= 4 is 6.09 Å². The lowest BCUT2D eigenvalue weighted by Gasteiger charge is -2.25. The molecule has 0 bridgehead atoms. The quantitative estimate of drug-likeness (QED) is 0.846. The van der Waals surface area contributed by atoms with Crippen LogP contribution in [0.1, 0.15) is 45.9 Å². The molecule has 6 nitrogen and oxygen atoms in total. The Bertz CT molecular complexity index is 489. The molecule has 1 atom stereocenters. The van der Waals surface area contributed by atoms with Crippen LogP contribution >= 0.6 is 0 Å². The molecule has 126 valence electrons. The SMILES string of the molecule is Cc1c(CNC(CNC(=O)OC(C)(C)C)C(C)C)cnn1C. The molecule has 0 saturated carbocycles. The van der Waals surface area contributed by atoms with Gasteiger partial charge in [-0.1, -0.05) is 13.8 Å². The molecule has 0 spiro atoms. The molecule has 0 fully saturated rings. The van der Waals surface area contributed by atoms with Gasteiger partial charge in [0.1, 0.15) is 5.60 Å². The highest BCUT2D eigenvalue weighted by Gasteiger charge is 2.19. The standard InChI is InChI=1S/C16H30N4O2/c1-11(2)14(10-18-15(21)22-16(4,5)6)17-8-13-9-19-20(7)12(13)3/h9,11,14,17H,8,10H2,1-7H3,(H,18,21). The number of amides is 1. The topological polar surface area (TPSA) is 68.2 Å². The number of aromatic nitrogens is 2. The zero-order valence-electron chi connectivity index (χ0n) is 14.9. The number of rotatable bonds is 6. The Labute approximate surface area is 133 Å². The normalized spacial score (nSPS) is 13.3. The van der Waals surface area contributed by atoms with E-state index in [9.17, 15) is 4.79 Å². The summed E-state index contributed by atoms with van der Waals surface area (Å²) in [6.45, 7) is 13.1. The van der Waals surface area contributed by atoms with E-state index < -0.39 is 5.60 Å². The van der Waals surface area contributed by atoms with Crippen LogP contribution in [-0.2, 0) is 18.3 Å². The van der Waals surface area contributed by atoms with E-state index in [1.807, 2.05) is 45.6 Å². The van der Waals surface area contributed by atoms with Crippen molar-refractivity contribution in [2.45, 2.75) is 59.7 Å². The fraction of sp³-hybridized carbons (Fsp3) is 0.750. The van der Waals surface area contributed by atoms with E-state index in [0.29, 0.717) is 12.5 Å². The third kappa shape index (κ3) is 6.05. The monoisotopic (exact) mass is 310 g/mol. The molecular formula is C16H30N4O2. The van der Waals surface area contributed by atoms with Crippen LogP contribution in [0, 0.1) is 12.8 Å². The highest BCUT2D eigenvalue weighted by molar-refractivity contribution is 5.67. The van der Waals surface area contributed by atoms with Gasteiger partial charge in [0.25, 0.3) is 0 Å². The smallest absolute Gasteiger partial charge is 0.407 e. The number of aryl methyl sites for hydroxylation is 1. The molecule has 2 N–H and O–H groups in total. The summed E-state index contributed by atoms with van der Waals surface area (Å²) in [6.07, 6.45) is 1.50. The molecule has 0 aromatic carbocycles. The lowest BCUT2D eigenvalue weighted by Crippen LogP contribution is -2.45. The number of nitrogens with zero attached hydrogens (tertiary/aromatic N) is 2. The predicted octanol–water partition coefficient (Wildman–Crippen LogP) is 2.37. The summed E-state index contributed by atoms with van der Waals surface area (Å²) in [5, 5.41) is 10.6. The van der Waals surface area contributed by atoms with E-state index in [-0.39, 0.29) is 12.1 Å². The molecule has 1 aromatic rings. The van der Waals surface area contributed by atoms with Crippen LogP contribution in [0.25, 0.3) is 0 Å². The lowest BCUT2D eigenvalue weighted by atomic mass is 10.0. The van der Waals surface area contributed by atoms with Gasteiger partial charge in [0.15, 0.2) is 0 Å². The Kier molecular flexibility index (Phi) is 6.41. The van der Waals surface area contributed by atoms with Crippen LogP contribution in [0.2, 0.25) is 0 Å². The van der Waals surface area contributed by atoms with Crippen LogP contribution in [0.4, 0.5) is 4.79 Å². The van der Waals surface area contributed by atoms with Crippen molar-refractivity contribution in [2.75, 3.05) is 6.54 Å². The van der Waals surface area contributed by atoms with Crippen molar-refractivity contribution in [3.05, 3.63) is 17.5 Å². The van der Waals surface area contributed by atoms with Gasteiger partial charge in [-0.05, 0) is 33.6 Å². The van der Waals surface area contributed by atoms with Crippen LogP contribution < -0.4 is 10.6 Å². The number of alkyl carbamates (subject to hydrolysis) is 1. The van der Waals surface area contributed by atoms with Crippen LogP contribution in [0.3, 0.4) is 0 Å².